The van der Waals surface area contributed by atoms with E-state index in [0.29, 0.717) is 6.54 Å². The van der Waals surface area contributed by atoms with Crippen LogP contribution in [-0.4, -0.2) is 66.0 Å². The molecule has 7 nitrogen and oxygen atoms in total. The summed E-state index contributed by atoms with van der Waals surface area (Å²) in [6, 6.07) is -1.10. The van der Waals surface area contributed by atoms with E-state index in [-0.39, 0.29) is 12.5 Å². The molecule has 0 bridgehead atoms. The summed E-state index contributed by atoms with van der Waals surface area (Å²) < 4.78 is 0. The summed E-state index contributed by atoms with van der Waals surface area (Å²) in [5.41, 5.74) is 0. The highest BCUT2D eigenvalue weighted by Crippen LogP contribution is 2.00. The Kier molecular flexibility index (Phi) is 6.89. The average molecular weight is 273 g/mol. The molecular formula is C12H23N3O4. The summed E-state index contributed by atoms with van der Waals surface area (Å²) >= 11 is 0. The number of hydrogen-bond donors (Lipinski definition) is 2. The van der Waals surface area contributed by atoms with E-state index >= 15 is 0 Å². The van der Waals surface area contributed by atoms with Crippen LogP contribution in [0.3, 0.4) is 0 Å². The summed E-state index contributed by atoms with van der Waals surface area (Å²) in [5, 5.41) is 11.3. The van der Waals surface area contributed by atoms with E-state index in [2.05, 4.69) is 5.32 Å². The van der Waals surface area contributed by atoms with Crippen molar-refractivity contribution in [3.8, 4) is 0 Å². The van der Waals surface area contributed by atoms with Gasteiger partial charge in [-0.05, 0) is 13.8 Å². The number of aliphatic carboxylic acids is 1. The highest BCUT2D eigenvalue weighted by atomic mass is 16.4. The lowest BCUT2D eigenvalue weighted by Crippen LogP contribution is -2.50. The summed E-state index contributed by atoms with van der Waals surface area (Å²) in [7, 11) is 3.15. The summed E-state index contributed by atoms with van der Waals surface area (Å²) in [6.45, 7) is 5.61. The average Bonchev–Trinajstić information content (AvgIpc) is 2.36. The molecular weight excluding hydrogens is 250 g/mol. The van der Waals surface area contributed by atoms with Crippen molar-refractivity contribution >= 4 is 17.9 Å². The quantitative estimate of drug-likeness (QED) is 0.724. The van der Waals surface area contributed by atoms with Crippen LogP contribution in [0.4, 0.5) is 4.79 Å². The van der Waals surface area contributed by atoms with Gasteiger partial charge in [-0.15, -0.1) is 0 Å². The van der Waals surface area contributed by atoms with E-state index in [1.165, 1.54) is 23.8 Å². The van der Waals surface area contributed by atoms with Gasteiger partial charge in [-0.3, -0.25) is 9.59 Å². The molecule has 0 aromatic heterocycles. The maximum Gasteiger partial charge on any atom is 0.317 e. The molecule has 0 heterocycles. The van der Waals surface area contributed by atoms with Crippen LogP contribution in [0, 0.1) is 5.92 Å². The summed E-state index contributed by atoms with van der Waals surface area (Å²) in [4.78, 5) is 37.0. The number of carboxylic acid groups (broad SMARTS) is 1. The number of amides is 3. The maximum atomic E-state index is 11.8. The molecule has 2 N–H and O–H groups in total. The fraction of sp³-hybridized carbons (Fsp3) is 0.750. The highest BCUT2D eigenvalue weighted by Gasteiger charge is 2.22. The van der Waals surface area contributed by atoms with Gasteiger partial charge >= 0.3 is 12.0 Å². The molecule has 0 aromatic carbocycles. The molecule has 3 amide bonds. The van der Waals surface area contributed by atoms with Crippen LogP contribution in [0.15, 0.2) is 0 Å². The molecule has 0 aromatic rings. The van der Waals surface area contributed by atoms with Gasteiger partial charge in [0.25, 0.3) is 0 Å². The van der Waals surface area contributed by atoms with Crippen molar-refractivity contribution in [3.05, 3.63) is 0 Å². The molecule has 2 unspecified atom stereocenters. The van der Waals surface area contributed by atoms with Crippen LogP contribution >= 0.6 is 0 Å². The predicted octanol–water partition coefficient (Wildman–Crippen LogP) is 0.215. The zero-order valence-corrected chi connectivity index (χ0v) is 12.1. The Balaban J connectivity index is 4.36. The van der Waals surface area contributed by atoms with Crippen LogP contribution in [0.5, 0.6) is 0 Å². The maximum absolute atomic E-state index is 11.8. The van der Waals surface area contributed by atoms with Crippen LogP contribution in [0.2, 0.25) is 0 Å². The molecule has 0 aliphatic carbocycles. The fourth-order valence-corrected chi connectivity index (χ4v) is 1.42. The lowest BCUT2D eigenvalue weighted by Gasteiger charge is -2.24. The van der Waals surface area contributed by atoms with Gasteiger partial charge in [0.1, 0.15) is 6.04 Å². The number of hydrogen-bond acceptors (Lipinski definition) is 3. The number of nitrogens with zero attached hydrogens (tertiary/aromatic N) is 2. The van der Waals surface area contributed by atoms with Crippen LogP contribution in [0.25, 0.3) is 0 Å². The minimum atomic E-state index is -0.963. The number of rotatable bonds is 6. The van der Waals surface area contributed by atoms with Crippen molar-refractivity contribution in [2.45, 2.75) is 26.8 Å². The SMILES string of the molecule is CCN(C)C(=O)C(C)NC(=O)N(C)CC(C)C(=O)O. The molecule has 110 valence electrons. The van der Waals surface area contributed by atoms with Gasteiger partial charge in [-0.25, -0.2) is 4.79 Å². The molecule has 0 saturated heterocycles. The van der Waals surface area contributed by atoms with E-state index in [4.69, 9.17) is 5.11 Å². The Morgan fingerprint density at radius 3 is 2.11 bits per heavy atom. The Bertz CT molecular complexity index is 346. The lowest BCUT2D eigenvalue weighted by molar-refractivity contribution is -0.141. The fourth-order valence-electron chi connectivity index (χ4n) is 1.42. The third kappa shape index (κ3) is 5.58. The minimum Gasteiger partial charge on any atom is -0.481 e. The monoisotopic (exact) mass is 273 g/mol. The van der Waals surface area contributed by atoms with Crippen LogP contribution in [0.1, 0.15) is 20.8 Å². The van der Waals surface area contributed by atoms with Gasteiger partial charge in [-0.1, -0.05) is 6.92 Å². The van der Waals surface area contributed by atoms with E-state index in [1.54, 1.807) is 14.0 Å². The van der Waals surface area contributed by atoms with Gasteiger partial charge in [0.05, 0.1) is 5.92 Å². The molecule has 19 heavy (non-hydrogen) atoms. The minimum absolute atomic E-state index is 0.0890. The topological polar surface area (TPSA) is 90.0 Å². The second-order valence-electron chi connectivity index (χ2n) is 4.64. The Morgan fingerprint density at radius 1 is 1.16 bits per heavy atom. The molecule has 0 spiro atoms. The Morgan fingerprint density at radius 2 is 1.68 bits per heavy atom. The van der Waals surface area contributed by atoms with Gasteiger partial charge in [0, 0.05) is 27.2 Å². The second-order valence-corrected chi connectivity index (χ2v) is 4.64. The normalized spacial score (nSPS) is 13.3. The lowest BCUT2D eigenvalue weighted by atomic mass is 10.2. The third-order valence-corrected chi connectivity index (χ3v) is 2.88. The smallest absolute Gasteiger partial charge is 0.317 e. The van der Waals surface area contributed by atoms with Crippen molar-refractivity contribution in [1.29, 1.82) is 0 Å². The molecule has 7 heteroatoms. The van der Waals surface area contributed by atoms with Gasteiger partial charge in [0.2, 0.25) is 5.91 Å². The second kappa shape index (κ2) is 7.60. The first-order valence-corrected chi connectivity index (χ1v) is 6.20. The third-order valence-electron chi connectivity index (χ3n) is 2.88. The molecule has 2 atom stereocenters. The number of likely N-dealkylation sites (N-methyl/N-ethyl adjacent to an activating group) is 1. The predicted molar refractivity (Wildman–Crippen MR) is 70.7 cm³/mol. The zero-order valence-electron chi connectivity index (χ0n) is 12.1. The van der Waals surface area contributed by atoms with Crippen molar-refractivity contribution in [3.63, 3.8) is 0 Å². The van der Waals surface area contributed by atoms with Crippen molar-refractivity contribution in [2.24, 2.45) is 5.92 Å². The largest absolute Gasteiger partial charge is 0.481 e. The molecule has 0 fully saturated rings. The zero-order chi connectivity index (χ0) is 15.2. The summed E-state index contributed by atoms with van der Waals surface area (Å²) in [6.07, 6.45) is 0. The first-order valence-electron chi connectivity index (χ1n) is 6.20. The highest BCUT2D eigenvalue weighted by molar-refractivity contribution is 5.86. The molecule has 0 radical (unpaired) electrons. The molecule has 0 saturated carbocycles. The number of carbonyl (C=O) groups is 3. The van der Waals surface area contributed by atoms with E-state index in [0.717, 1.165) is 0 Å². The first-order chi connectivity index (χ1) is 8.70. The van der Waals surface area contributed by atoms with Gasteiger partial charge < -0.3 is 20.2 Å². The van der Waals surface area contributed by atoms with E-state index < -0.39 is 24.0 Å². The molecule has 0 aliphatic rings. The Hall–Kier alpha value is -1.79. The number of urea groups is 1. The van der Waals surface area contributed by atoms with E-state index in [1.807, 2.05) is 6.92 Å². The van der Waals surface area contributed by atoms with E-state index in [9.17, 15) is 14.4 Å². The van der Waals surface area contributed by atoms with Crippen LogP contribution < -0.4 is 5.32 Å². The number of nitrogens with one attached hydrogen (secondary N) is 1. The number of carboxylic acids is 1. The molecule has 0 aliphatic heterocycles. The Labute approximate surface area is 113 Å². The van der Waals surface area contributed by atoms with Gasteiger partial charge in [-0.2, -0.15) is 0 Å². The van der Waals surface area contributed by atoms with Crippen molar-refractivity contribution in [2.75, 3.05) is 27.2 Å². The van der Waals surface area contributed by atoms with Gasteiger partial charge in [0.15, 0.2) is 0 Å². The standard InChI is InChI=1S/C12H23N3O4/c1-6-14(4)10(16)9(3)13-12(19)15(5)7-8(2)11(17)18/h8-9H,6-7H2,1-5H3,(H,13,19)(H,17,18). The van der Waals surface area contributed by atoms with Crippen molar-refractivity contribution < 1.29 is 19.5 Å². The van der Waals surface area contributed by atoms with Crippen LogP contribution in [-0.2, 0) is 9.59 Å². The number of carbonyl (C=O) groups excluding carboxylic acids is 2. The summed E-state index contributed by atoms with van der Waals surface area (Å²) in [5.74, 6) is -1.80. The molecule has 0 rings (SSSR count). The van der Waals surface area contributed by atoms with Crippen molar-refractivity contribution in [1.82, 2.24) is 15.1 Å². The first kappa shape index (κ1) is 17.2.